The van der Waals surface area contributed by atoms with Crippen molar-refractivity contribution < 1.29 is 9.53 Å². The van der Waals surface area contributed by atoms with E-state index in [-0.39, 0.29) is 0 Å². The summed E-state index contributed by atoms with van der Waals surface area (Å²) in [7, 11) is 1.33. The van der Waals surface area contributed by atoms with Gasteiger partial charge < -0.3 is 4.74 Å². The first-order valence-corrected chi connectivity index (χ1v) is 6.78. The molecule has 4 nitrogen and oxygen atoms in total. The fourth-order valence-electron chi connectivity index (χ4n) is 1.19. The first-order valence-electron chi connectivity index (χ1n) is 5.79. The van der Waals surface area contributed by atoms with E-state index in [9.17, 15) is 4.79 Å². The molecule has 98 valence electrons. The van der Waals surface area contributed by atoms with Gasteiger partial charge in [-0.25, -0.2) is 9.78 Å². The number of hydrogen-bond donors (Lipinski definition) is 0. The molecule has 0 radical (unpaired) electrons. The first kappa shape index (κ1) is 16.5. The maximum absolute atomic E-state index is 11.4. The second kappa shape index (κ2) is 9.49. The Bertz CT molecular complexity index is 427. The van der Waals surface area contributed by atoms with Crippen molar-refractivity contribution in [1.29, 1.82) is 5.26 Å². The number of nitriles is 1. The van der Waals surface area contributed by atoms with E-state index < -0.39 is 5.97 Å². The summed E-state index contributed by atoms with van der Waals surface area (Å²) in [5, 5.41) is 8.59. The molecular formula is C13H18N2O2S. The maximum atomic E-state index is 11.4. The molecule has 18 heavy (non-hydrogen) atoms. The quantitative estimate of drug-likeness (QED) is 0.619. The number of pyridine rings is 1. The van der Waals surface area contributed by atoms with Gasteiger partial charge in [-0.3, -0.25) is 0 Å². The number of hydrogen-bond acceptors (Lipinski definition) is 5. The van der Waals surface area contributed by atoms with Crippen LogP contribution in [0.2, 0.25) is 0 Å². The number of aromatic nitrogens is 1. The van der Waals surface area contributed by atoms with Gasteiger partial charge in [0, 0.05) is 11.1 Å². The van der Waals surface area contributed by atoms with Crippen molar-refractivity contribution in [2.24, 2.45) is 0 Å². The number of carbonyl (C=O) groups excluding carboxylic acids is 1. The summed E-state index contributed by atoms with van der Waals surface area (Å²) in [6.45, 7) is 5.99. The van der Waals surface area contributed by atoms with Crippen LogP contribution in [0.15, 0.2) is 17.2 Å². The lowest BCUT2D eigenvalue weighted by Gasteiger charge is -2.06. The van der Waals surface area contributed by atoms with Crippen LogP contribution in [-0.2, 0) is 11.2 Å². The zero-order valence-electron chi connectivity index (χ0n) is 11.2. The highest BCUT2D eigenvalue weighted by molar-refractivity contribution is 7.99. The largest absolute Gasteiger partial charge is 0.464 e. The molecule has 0 aromatic carbocycles. The minimum atomic E-state index is -0.445. The summed E-state index contributed by atoms with van der Waals surface area (Å²) in [5.41, 5.74) is 1.13. The Hall–Kier alpha value is -1.54. The molecule has 0 atom stereocenters. The van der Waals surface area contributed by atoms with Gasteiger partial charge in [0.2, 0.25) is 0 Å². The van der Waals surface area contributed by atoms with Crippen LogP contribution in [0.25, 0.3) is 0 Å². The first-order chi connectivity index (χ1) is 8.72. The molecule has 1 rings (SSSR count). The summed E-state index contributed by atoms with van der Waals surface area (Å²) in [4.78, 5) is 16.2. The van der Waals surface area contributed by atoms with Crippen LogP contribution in [0.5, 0.6) is 0 Å². The Kier molecular flexibility index (Phi) is 8.67. The lowest BCUT2D eigenvalue weighted by atomic mass is 10.2. The SMILES string of the molecule is CC.CCSc1cc(CC#N)cnc1C(=O)OC. The average Bonchev–Trinajstić information content (AvgIpc) is 2.41. The molecule has 1 aromatic heterocycles. The minimum Gasteiger partial charge on any atom is -0.464 e. The van der Waals surface area contributed by atoms with Crippen molar-refractivity contribution >= 4 is 17.7 Å². The average molecular weight is 266 g/mol. The number of carbonyl (C=O) groups is 1. The highest BCUT2D eigenvalue weighted by Crippen LogP contribution is 2.23. The van der Waals surface area contributed by atoms with E-state index in [2.05, 4.69) is 15.8 Å². The highest BCUT2D eigenvalue weighted by Gasteiger charge is 2.14. The molecule has 0 unspecified atom stereocenters. The van der Waals surface area contributed by atoms with Gasteiger partial charge in [0.05, 0.1) is 19.6 Å². The molecule has 0 saturated carbocycles. The second-order valence-electron chi connectivity index (χ2n) is 2.95. The van der Waals surface area contributed by atoms with E-state index in [0.29, 0.717) is 12.1 Å². The summed E-state index contributed by atoms with van der Waals surface area (Å²) in [5.74, 6) is 0.390. The third-order valence-corrected chi connectivity index (χ3v) is 2.78. The highest BCUT2D eigenvalue weighted by atomic mass is 32.2. The third kappa shape index (κ3) is 4.76. The number of esters is 1. The molecule has 1 heterocycles. The number of thioether (sulfide) groups is 1. The molecule has 0 aliphatic carbocycles. The molecule has 0 aliphatic rings. The minimum absolute atomic E-state index is 0.297. The van der Waals surface area contributed by atoms with Crippen LogP contribution in [0, 0.1) is 11.3 Å². The van der Waals surface area contributed by atoms with Crippen molar-refractivity contribution in [2.75, 3.05) is 12.9 Å². The van der Waals surface area contributed by atoms with Crippen molar-refractivity contribution in [3.63, 3.8) is 0 Å². The molecule has 0 amide bonds. The predicted octanol–water partition coefficient (Wildman–Crippen LogP) is 3.07. The lowest BCUT2D eigenvalue weighted by Crippen LogP contribution is -2.07. The van der Waals surface area contributed by atoms with Gasteiger partial charge in [0.15, 0.2) is 5.69 Å². The predicted molar refractivity (Wildman–Crippen MR) is 72.6 cm³/mol. The van der Waals surface area contributed by atoms with Crippen molar-refractivity contribution in [3.8, 4) is 6.07 Å². The van der Waals surface area contributed by atoms with E-state index in [1.165, 1.54) is 25.1 Å². The smallest absolute Gasteiger partial charge is 0.357 e. The number of ether oxygens (including phenoxy) is 1. The normalized spacial score (nSPS) is 8.83. The zero-order chi connectivity index (χ0) is 14.0. The lowest BCUT2D eigenvalue weighted by molar-refractivity contribution is 0.0589. The van der Waals surface area contributed by atoms with E-state index >= 15 is 0 Å². The van der Waals surface area contributed by atoms with Gasteiger partial charge in [-0.2, -0.15) is 5.26 Å². The summed E-state index contributed by atoms with van der Waals surface area (Å²) < 4.78 is 4.64. The Morgan fingerprint density at radius 1 is 1.56 bits per heavy atom. The molecule has 5 heteroatoms. The van der Waals surface area contributed by atoms with E-state index in [1.54, 1.807) is 0 Å². The fraction of sp³-hybridized carbons (Fsp3) is 0.462. The second-order valence-corrected chi connectivity index (χ2v) is 4.26. The molecule has 0 aliphatic heterocycles. The maximum Gasteiger partial charge on any atom is 0.357 e. The number of rotatable bonds is 4. The van der Waals surface area contributed by atoms with Crippen molar-refractivity contribution in [2.45, 2.75) is 32.1 Å². The third-order valence-electron chi connectivity index (χ3n) is 1.87. The number of methoxy groups -OCH3 is 1. The topological polar surface area (TPSA) is 63.0 Å². The van der Waals surface area contributed by atoms with Crippen molar-refractivity contribution in [3.05, 3.63) is 23.5 Å². The molecule has 1 aromatic rings. The van der Waals surface area contributed by atoms with Crippen LogP contribution in [0.1, 0.15) is 36.8 Å². The molecule has 0 saturated heterocycles. The van der Waals surface area contributed by atoms with Crippen LogP contribution in [-0.4, -0.2) is 23.8 Å². The number of nitrogens with zero attached hydrogens (tertiary/aromatic N) is 2. The summed E-state index contributed by atoms with van der Waals surface area (Å²) in [6, 6.07) is 3.87. The van der Waals surface area contributed by atoms with Crippen LogP contribution >= 0.6 is 11.8 Å². The Morgan fingerprint density at radius 2 is 2.22 bits per heavy atom. The molecule has 0 bridgehead atoms. The molecule has 0 N–H and O–H groups in total. The summed E-state index contributed by atoms with van der Waals surface area (Å²) >= 11 is 1.51. The standard InChI is InChI=1S/C11H12N2O2S.C2H6/c1-3-16-9-6-8(4-5-12)7-13-10(9)11(14)15-2;1-2/h6-7H,3-4H2,1-2H3;1-2H3. The van der Waals surface area contributed by atoms with Crippen LogP contribution in [0.4, 0.5) is 0 Å². The van der Waals surface area contributed by atoms with Gasteiger partial charge >= 0.3 is 5.97 Å². The Morgan fingerprint density at radius 3 is 2.72 bits per heavy atom. The molecular weight excluding hydrogens is 248 g/mol. The van der Waals surface area contributed by atoms with Crippen LogP contribution in [0.3, 0.4) is 0 Å². The van der Waals surface area contributed by atoms with E-state index in [0.717, 1.165) is 16.2 Å². The van der Waals surface area contributed by atoms with Gasteiger partial charge in [0.1, 0.15) is 0 Å². The van der Waals surface area contributed by atoms with Gasteiger partial charge in [-0.15, -0.1) is 11.8 Å². The zero-order valence-corrected chi connectivity index (χ0v) is 12.0. The van der Waals surface area contributed by atoms with Gasteiger partial charge in [-0.05, 0) is 17.4 Å². The van der Waals surface area contributed by atoms with Crippen LogP contribution < -0.4 is 0 Å². The molecule has 0 spiro atoms. The summed E-state index contributed by atoms with van der Waals surface area (Å²) in [6.07, 6.45) is 1.83. The Labute approximate surface area is 112 Å². The van der Waals surface area contributed by atoms with Crippen molar-refractivity contribution in [1.82, 2.24) is 4.98 Å². The van der Waals surface area contributed by atoms with E-state index in [4.69, 9.17) is 5.26 Å². The van der Waals surface area contributed by atoms with Gasteiger partial charge in [0.25, 0.3) is 0 Å². The fourth-order valence-corrected chi connectivity index (χ4v) is 2.01. The molecule has 0 fully saturated rings. The Balaban J connectivity index is 0.00000137. The monoisotopic (exact) mass is 266 g/mol. The van der Waals surface area contributed by atoms with E-state index in [1.807, 2.05) is 26.8 Å². The van der Waals surface area contributed by atoms with Gasteiger partial charge in [-0.1, -0.05) is 20.8 Å².